The molecule has 0 aliphatic carbocycles. The fraction of sp³-hybridized carbons (Fsp3) is 0.435. The van der Waals surface area contributed by atoms with E-state index in [0.717, 1.165) is 22.6 Å². The lowest BCUT2D eigenvalue weighted by Gasteiger charge is -2.19. The summed E-state index contributed by atoms with van der Waals surface area (Å²) in [5, 5.41) is 3.03. The minimum Gasteiger partial charge on any atom is -0.496 e. The number of ether oxygens (including phenoxy) is 2. The average Bonchev–Trinajstić information content (AvgIpc) is 2.61. The fourth-order valence-electron chi connectivity index (χ4n) is 2.94. The second-order valence-electron chi connectivity index (χ2n) is 7.50. The summed E-state index contributed by atoms with van der Waals surface area (Å²) in [6, 6.07) is 9.78. The van der Waals surface area contributed by atoms with Crippen LogP contribution in [0.3, 0.4) is 0 Å². The zero-order valence-corrected chi connectivity index (χ0v) is 17.5. The standard InChI is InChI=1S/C23H31NO3/c1-14(2)20-12-21(17(5)11-22(20)26-7)23(25)24-18(6)13-27-19-9-8-15(3)16(4)10-19/h8-12,14,18H,13H2,1-7H3,(H,24,25). The lowest BCUT2D eigenvalue weighted by atomic mass is 9.96. The highest BCUT2D eigenvalue weighted by Gasteiger charge is 2.17. The summed E-state index contributed by atoms with van der Waals surface area (Å²) in [5.74, 6) is 1.83. The molecular formula is C23H31NO3. The molecule has 0 saturated carbocycles. The van der Waals surface area contributed by atoms with Gasteiger partial charge in [0.1, 0.15) is 18.1 Å². The van der Waals surface area contributed by atoms with Gasteiger partial charge in [0, 0.05) is 5.56 Å². The van der Waals surface area contributed by atoms with Crippen LogP contribution in [-0.4, -0.2) is 25.7 Å². The molecule has 1 unspecified atom stereocenters. The number of hydrogen-bond donors (Lipinski definition) is 1. The molecule has 2 aromatic carbocycles. The van der Waals surface area contributed by atoms with Crippen LogP contribution < -0.4 is 14.8 Å². The molecule has 0 saturated heterocycles. The highest BCUT2D eigenvalue weighted by Crippen LogP contribution is 2.29. The Morgan fingerprint density at radius 2 is 1.70 bits per heavy atom. The minimum absolute atomic E-state index is 0.0896. The normalized spacial score (nSPS) is 12.0. The monoisotopic (exact) mass is 369 g/mol. The van der Waals surface area contributed by atoms with Crippen molar-refractivity contribution in [1.82, 2.24) is 5.32 Å². The third-order valence-corrected chi connectivity index (χ3v) is 4.80. The molecule has 146 valence electrons. The molecule has 1 amide bonds. The first kappa shape index (κ1) is 20.8. The molecule has 0 aliphatic heterocycles. The number of methoxy groups -OCH3 is 1. The minimum atomic E-state index is -0.108. The fourth-order valence-corrected chi connectivity index (χ4v) is 2.94. The number of rotatable bonds is 7. The van der Waals surface area contributed by atoms with Gasteiger partial charge >= 0.3 is 0 Å². The summed E-state index contributed by atoms with van der Waals surface area (Å²) in [6.07, 6.45) is 0. The van der Waals surface area contributed by atoms with Crippen LogP contribution in [0.25, 0.3) is 0 Å². The molecule has 0 aliphatic rings. The number of carbonyl (C=O) groups excluding carboxylic acids is 1. The first-order valence-electron chi connectivity index (χ1n) is 9.42. The maximum Gasteiger partial charge on any atom is 0.251 e. The van der Waals surface area contributed by atoms with Crippen molar-refractivity contribution in [2.24, 2.45) is 0 Å². The highest BCUT2D eigenvalue weighted by atomic mass is 16.5. The Labute approximate surface area is 162 Å². The van der Waals surface area contributed by atoms with E-state index in [2.05, 4.69) is 33.0 Å². The van der Waals surface area contributed by atoms with Crippen LogP contribution in [0.15, 0.2) is 30.3 Å². The third kappa shape index (κ3) is 5.25. The van der Waals surface area contributed by atoms with Crippen molar-refractivity contribution in [2.45, 2.75) is 53.5 Å². The van der Waals surface area contributed by atoms with Gasteiger partial charge in [-0.05, 0) is 80.1 Å². The molecule has 2 aromatic rings. The molecule has 27 heavy (non-hydrogen) atoms. The van der Waals surface area contributed by atoms with E-state index in [-0.39, 0.29) is 17.9 Å². The van der Waals surface area contributed by atoms with E-state index >= 15 is 0 Å². The zero-order valence-electron chi connectivity index (χ0n) is 17.5. The quantitative estimate of drug-likeness (QED) is 0.752. The Morgan fingerprint density at radius 1 is 1.00 bits per heavy atom. The van der Waals surface area contributed by atoms with Crippen LogP contribution in [0.2, 0.25) is 0 Å². The molecule has 1 atom stereocenters. The van der Waals surface area contributed by atoms with Gasteiger partial charge < -0.3 is 14.8 Å². The van der Waals surface area contributed by atoms with E-state index in [0.29, 0.717) is 12.2 Å². The second-order valence-corrected chi connectivity index (χ2v) is 7.50. The summed E-state index contributed by atoms with van der Waals surface area (Å²) >= 11 is 0. The van der Waals surface area contributed by atoms with Crippen LogP contribution in [0.4, 0.5) is 0 Å². The molecule has 0 fully saturated rings. The largest absolute Gasteiger partial charge is 0.496 e. The number of benzene rings is 2. The average molecular weight is 370 g/mol. The summed E-state index contributed by atoms with van der Waals surface area (Å²) < 4.78 is 11.3. The van der Waals surface area contributed by atoms with Gasteiger partial charge in [0.15, 0.2) is 0 Å². The van der Waals surface area contributed by atoms with E-state index < -0.39 is 0 Å². The Morgan fingerprint density at radius 3 is 2.30 bits per heavy atom. The molecule has 0 bridgehead atoms. The van der Waals surface area contributed by atoms with E-state index in [4.69, 9.17) is 9.47 Å². The molecule has 0 radical (unpaired) electrons. The molecule has 1 N–H and O–H groups in total. The van der Waals surface area contributed by atoms with Gasteiger partial charge in [0.25, 0.3) is 5.91 Å². The van der Waals surface area contributed by atoms with Gasteiger partial charge in [-0.2, -0.15) is 0 Å². The van der Waals surface area contributed by atoms with Crippen LogP contribution >= 0.6 is 0 Å². The number of amides is 1. The molecule has 4 heteroatoms. The van der Waals surface area contributed by atoms with Gasteiger partial charge in [0.2, 0.25) is 0 Å². The number of nitrogens with one attached hydrogen (secondary N) is 1. The van der Waals surface area contributed by atoms with Crippen LogP contribution in [-0.2, 0) is 0 Å². The molecule has 0 spiro atoms. The molecular weight excluding hydrogens is 338 g/mol. The van der Waals surface area contributed by atoms with Gasteiger partial charge in [-0.15, -0.1) is 0 Å². The topological polar surface area (TPSA) is 47.6 Å². The SMILES string of the molecule is COc1cc(C)c(C(=O)NC(C)COc2ccc(C)c(C)c2)cc1C(C)C. The van der Waals surface area contributed by atoms with Crippen molar-refractivity contribution >= 4 is 5.91 Å². The van der Waals surface area contributed by atoms with Crippen LogP contribution in [0.1, 0.15) is 59.3 Å². The number of hydrogen-bond acceptors (Lipinski definition) is 3. The summed E-state index contributed by atoms with van der Waals surface area (Å²) in [7, 11) is 1.66. The lowest BCUT2D eigenvalue weighted by Crippen LogP contribution is -2.37. The summed E-state index contributed by atoms with van der Waals surface area (Å²) in [5.41, 5.74) is 5.04. The first-order valence-corrected chi connectivity index (χ1v) is 9.42. The van der Waals surface area contributed by atoms with E-state index in [1.807, 2.05) is 44.2 Å². The second kappa shape index (κ2) is 8.94. The third-order valence-electron chi connectivity index (χ3n) is 4.80. The number of aryl methyl sites for hydroxylation is 3. The molecule has 2 rings (SSSR count). The van der Waals surface area contributed by atoms with Crippen LogP contribution in [0, 0.1) is 20.8 Å². The molecule has 4 nitrogen and oxygen atoms in total. The lowest BCUT2D eigenvalue weighted by molar-refractivity contribution is 0.0926. The Balaban J connectivity index is 2.05. The van der Waals surface area contributed by atoms with E-state index in [1.165, 1.54) is 11.1 Å². The van der Waals surface area contributed by atoms with Crippen molar-refractivity contribution in [3.63, 3.8) is 0 Å². The highest BCUT2D eigenvalue weighted by molar-refractivity contribution is 5.96. The van der Waals surface area contributed by atoms with Gasteiger partial charge in [-0.25, -0.2) is 0 Å². The summed E-state index contributed by atoms with van der Waals surface area (Å²) in [6.45, 7) is 12.6. The van der Waals surface area contributed by atoms with Crippen molar-refractivity contribution in [3.05, 3.63) is 58.1 Å². The smallest absolute Gasteiger partial charge is 0.251 e. The molecule has 0 heterocycles. The van der Waals surface area contributed by atoms with Crippen molar-refractivity contribution in [3.8, 4) is 11.5 Å². The van der Waals surface area contributed by atoms with E-state index in [9.17, 15) is 4.79 Å². The van der Waals surface area contributed by atoms with Gasteiger partial charge in [-0.3, -0.25) is 4.79 Å². The number of carbonyl (C=O) groups is 1. The predicted molar refractivity (Wildman–Crippen MR) is 110 cm³/mol. The maximum absolute atomic E-state index is 12.8. The van der Waals surface area contributed by atoms with Crippen molar-refractivity contribution in [2.75, 3.05) is 13.7 Å². The first-order chi connectivity index (χ1) is 12.7. The Hall–Kier alpha value is -2.49. The maximum atomic E-state index is 12.8. The summed E-state index contributed by atoms with van der Waals surface area (Å²) in [4.78, 5) is 12.8. The Bertz CT molecular complexity index is 812. The van der Waals surface area contributed by atoms with Crippen molar-refractivity contribution < 1.29 is 14.3 Å². The predicted octanol–water partition coefficient (Wildman–Crippen LogP) is 4.94. The zero-order chi connectivity index (χ0) is 20.1. The van der Waals surface area contributed by atoms with Gasteiger partial charge in [0.05, 0.1) is 13.2 Å². The molecule has 0 aromatic heterocycles. The van der Waals surface area contributed by atoms with E-state index in [1.54, 1.807) is 7.11 Å². The van der Waals surface area contributed by atoms with Crippen molar-refractivity contribution in [1.29, 1.82) is 0 Å². The Kier molecular flexibility index (Phi) is 6.89. The van der Waals surface area contributed by atoms with Crippen LogP contribution in [0.5, 0.6) is 11.5 Å². The van der Waals surface area contributed by atoms with Gasteiger partial charge in [-0.1, -0.05) is 19.9 Å².